The van der Waals surface area contributed by atoms with Crippen molar-refractivity contribution in [1.82, 2.24) is 9.88 Å². The molecule has 0 atom stereocenters. The van der Waals surface area contributed by atoms with Crippen molar-refractivity contribution in [2.75, 3.05) is 13.1 Å². The third kappa shape index (κ3) is 3.39. The van der Waals surface area contributed by atoms with Gasteiger partial charge in [0.05, 0.1) is 5.56 Å². The van der Waals surface area contributed by atoms with Gasteiger partial charge in [-0.3, -0.25) is 4.98 Å². The summed E-state index contributed by atoms with van der Waals surface area (Å²) in [6.45, 7) is 5.12. The number of thiocarbonyl (C=S) groups is 1. The highest BCUT2D eigenvalue weighted by atomic mass is 32.1. The third-order valence-electron chi connectivity index (χ3n) is 2.36. The predicted molar refractivity (Wildman–Crippen MR) is 63.9 cm³/mol. The first-order valence-electron chi connectivity index (χ1n) is 5.21. The van der Waals surface area contributed by atoms with Crippen LogP contribution in [0.2, 0.25) is 0 Å². The van der Waals surface area contributed by atoms with Gasteiger partial charge in [0.25, 0.3) is 0 Å². The molecule has 0 aliphatic rings. The van der Waals surface area contributed by atoms with Gasteiger partial charge in [-0.05, 0) is 19.9 Å². The summed E-state index contributed by atoms with van der Waals surface area (Å²) in [7, 11) is 0. The van der Waals surface area contributed by atoms with Gasteiger partial charge in [0.15, 0.2) is 0 Å². The number of aromatic nitrogens is 1. The first-order chi connectivity index (χ1) is 7.90. The van der Waals surface area contributed by atoms with Gasteiger partial charge in [-0.25, -0.2) is 0 Å². The summed E-state index contributed by atoms with van der Waals surface area (Å²) in [5.41, 5.74) is -0.442. The van der Waals surface area contributed by atoms with Gasteiger partial charge in [-0.2, -0.15) is 13.2 Å². The molecule has 0 N–H and O–H groups in total. The van der Waals surface area contributed by atoms with E-state index in [1.54, 1.807) is 0 Å². The van der Waals surface area contributed by atoms with Crippen LogP contribution in [0.3, 0.4) is 0 Å². The number of alkyl halides is 3. The van der Waals surface area contributed by atoms with E-state index in [0.717, 1.165) is 12.3 Å². The topological polar surface area (TPSA) is 16.1 Å². The molecule has 6 heteroatoms. The van der Waals surface area contributed by atoms with Gasteiger partial charge >= 0.3 is 6.18 Å². The number of pyridine rings is 1. The zero-order valence-corrected chi connectivity index (χ0v) is 10.4. The minimum atomic E-state index is -4.39. The van der Waals surface area contributed by atoms with E-state index in [-0.39, 0.29) is 0 Å². The van der Waals surface area contributed by atoms with Crippen LogP contribution in [0.4, 0.5) is 13.2 Å². The molecule has 0 amide bonds. The Morgan fingerprint density at radius 2 is 1.88 bits per heavy atom. The van der Waals surface area contributed by atoms with E-state index in [1.165, 1.54) is 6.20 Å². The van der Waals surface area contributed by atoms with Crippen LogP contribution in [-0.2, 0) is 6.18 Å². The van der Waals surface area contributed by atoms with Gasteiger partial charge in [0, 0.05) is 31.0 Å². The number of nitrogens with zero attached hydrogens (tertiary/aromatic N) is 2. The fourth-order valence-corrected chi connectivity index (χ4v) is 1.78. The SMILES string of the molecule is CCN(CC)C(=S)c1cncc(C(F)(F)F)c1. The minimum absolute atomic E-state index is 0.332. The maximum Gasteiger partial charge on any atom is 0.417 e. The van der Waals surface area contributed by atoms with E-state index >= 15 is 0 Å². The average molecular weight is 262 g/mol. The maximum atomic E-state index is 12.5. The molecule has 0 saturated heterocycles. The Bertz CT molecular complexity index is 400. The highest BCUT2D eigenvalue weighted by Crippen LogP contribution is 2.29. The van der Waals surface area contributed by atoms with Crippen molar-refractivity contribution in [2.45, 2.75) is 20.0 Å². The molecule has 1 heterocycles. The molecule has 0 bridgehead atoms. The molecule has 0 aliphatic carbocycles. The van der Waals surface area contributed by atoms with Crippen LogP contribution in [0.15, 0.2) is 18.5 Å². The Morgan fingerprint density at radius 1 is 1.29 bits per heavy atom. The lowest BCUT2D eigenvalue weighted by atomic mass is 10.2. The first kappa shape index (κ1) is 13.9. The standard InChI is InChI=1S/C11H13F3N2S/c1-3-16(4-2)10(17)8-5-9(7-15-6-8)11(12,13)14/h5-7H,3-4H2,1-2H3. The molecule has 1 aromatic rings. The normalized spacial score (nSPS) is 11.4. The summed E-state index contributed by atoms with van der Waals surface area (Å²) < 4.78 is 37.5. The second-order valence-corrected chi connectivity index (χ2v) is 3.82. The van der Waals surface area contributed by atoms with Crippen LogP contribution >= 0.6 is 12.2 Å². The monoisotopic (exact) mass is 262 g/mol. The van der Waals surface area contributed by atoms with Crippen molar-refractivity contribution < 1.29 is 13.2 Å². The van der Waals surface area contributed by atoms with Crippen molar-refractivity contribution in [3.63, 3.8) is 0 Å². The summed E-state index contributed by atoms with van der Waals surface area (Å²) in [5, 5.41) is 0. The summed E-state index contributed by atoms with van der Waals surface area (Å²) in [4.78, 5) is 5.80. The van der Waals surface area contributed by atoms with Crippen molar-refractivity contribution >= 4 is 17.2 Å². The zero-order chi connectivity index (χ0) is 13.1. The van der Waals surface area contributed by atoms with E-state index in [9.17, 15) is 13.2 Å². The Kier molecular flexibility index (Phi) is 4.45. The second-order valence-electron chi connectivity index (χ2n) is 3.44. The van der Waals surface area contributed by atoms with Crippen LogP contribution in [0.5, 0.6) is 0 Å². The number of rotatable bonds is 3. The van der Waals surface area contributed by atoms with Crippen molar-refractivity contribution in [3.8, 4) is 0 Å². The van der Waals surface area contributed by atoms with Crippen LogP contribution in [-0.4, -0.2) is 28.0 Å². The quantitative estimate of drug-likeness (QED) is 0.779. The van der Waals surface area contributed by atoms with Crippen LogP contribution in [0.25, 0.3) is 0 Å². The number of hydrogen-bond acceptors (Lipinski definition) is 2. The molecule has 0 fully saturated rings. The van der Waals surface area contributed by atoms with E-state index < -0.39 is 11.7 Å². The fourth-order valence-electron chi connectivity index (χ4n) is 1.41. The van der Waals surface area contributed by atoms with Gasteiger partial charge in [-0.15, -0.1) is 0 Å². The van der Waals surface area contributed by atoms with Gasteiger partial charge in [0.1, 0.15) is 4.99 Å². The highest BCUT2D eigenvalue weighted by molar-refractivity contribution is 7.80. The van der Waals surface area contributed by atoms with Crippen LogP contribution in [0.1, 0.15) is 25.0 Å². The van der Waals surface area contributed by atoms with Crippen molar-refractivity contribution in [1.29, 1.82) is 0 Å². The predicted octanol–water partition coefficient (Wildman–Crippen LogP) is 3.12. The molecule has 0 aromatic carbocycles. The molecule has 17 heavy (non-hydrogen) atoms. The summed E-state index contributed by atoms with van der Waals surface area (Å²) in [6.07, 6.45) is -2.23. The third-order valence-corrected chi connectivity index (χ3v) is 2.86. The molecule has 0 unspecified atom stereocenters. The Balaban J connectivity index is 3.04. The highest BCUT2D eigenvalue weighted by Gasteiger charge is 2.31. The van der Waals surface area contributed by atoms with Gasteiger partial charge in [-0.1, -0.05) is 12.2 Å². The fraction of sp³-hybridized carbons (Fsp3) is 0.455. The largest absolute Gasteiger partial charge is 0.417 e. The van der Waals surface area contributed by atoms with E-state index in [2.05, 4.69) is 4.98 Å². The summed E-state index contributed by atoms with van der Waals surface area (Å²) in [6, 6.07) is 1.04. The number of hydrogen-bond donors (Lipinski definition) is 0. The molecule has 1 aromatic heterocycles. The van der Waals surface area contributed by atoms with E-state index in [0.29, 0.717) is 23.6 Å². The van der Waals surface area contributed by atoms with Crippen LogP contribution < -0.4 is 0 Å². The Labute approximate surface area is 103 Å². The average Bonchev–Trinajstić information content (AvgIpc) is 2.29. The van der Waals surface area contributed by atoms with E-state index in [1.807, 2.05) is 18.7 Å². The molecule has 0 spiro atoms. The lowest BCUT2D eigenvalue weighted by Crippen LogP contribution is -2.29. The molecule has 1 rings (SSSR count). The van der Waals surface area contributed by atoms with Gasteiger partial charge in [0.2, 0.25) is 0 Å². The molecular formula is C11H13F3N2S. The van der Waals surface area contributed by atoms with Crippen molar-refractivity contribution in [3.05, 3.63) is 29.6 Å². The zero-order valence-electron chi connectivity index (χ0n) is 9.58. The summed E-state index contributed by atoms with van der Waals surface area (Å²) in [5.74, 6) is 0. The molecule has 0 saturated carbocycles. The summed E-state index contributed by atoms with van der Waals surface area (Å²) >= 11 is 5.14. The van der Waals surface area contributed by atoms with E-state index in [4.69, 9.17) is 12.2 Å². The van der Waals surface area contributed by atoms with Crippen molar-refractivity contribution in [2.24, 2.45) is 0 Å². The lowest BCUT2D eigenvalue weighted by Gasteiger charge is -2.22. The van der Waals surface area contributed by atoms with Crippen LogP contribution in [0, 0.1) is 0 Å². The number of halogens is 3. The molecular weight excluding hydrogens is 249 g/mol. The maximum absolute atomic E-state index is 12.5. The molecule has 2 nitrogen and oxygen atoms in total. The van der Waals surface area contributed by atoms with Gasteiger partial charge < -0.3 is 4.90 Å². The molecule has 94 valence electrons. The minimum Gasteiger partial charge on any atom is -0.363 e. The first-order valence-corrected chi connectivity index (χ1v) is 5.62. The molecule has 0 aliphatic heterocycles. The smallest absolute Gasteiger partial charge is 0.363 e. The Hall–Kier alpha value is -1.17. The lowest BCUT2D eigenvalue weighted by molar-refractivity contribution is -0.137. The second kappa shape index (κ2) is 5.44. The molecule has 0 radical (unpaired) electrons. The Morgan fingerprint density at radius 3 is 2.35 bits per heavy atom.